The quantitative estimate of drug-likeness (QED) is 0.563. The highest BCUT2D eigenvalue weighted by atomic mass is 79.9. The van der Waals surface area contributed by atoms with Gasteiger partial charge >= 0.3 is 0 Å². The van der Waals surface area contributed by atoms with Crippen LogP contribution in [0.2, 0.25) is 5.02 Å². The fourth-order valence-electron chi connectivity index (χ4n) is 2.13. The lowest BCUT2D eigenvalue weighted by molar-refractivity contribution is 0.415. The average Bonchev–Trinajstić information content (AvgIpc) is 2.51. The minimum absolute atomic E-state index is 0.620. The topological polar surface area (TPSA) is 18.5 Å². The molecule has 0 amide bonds. The van der Waals surface area contributed by atoms with Gasteiger partial charge in [0.1, 0.15) is 17.2 Å². The Kier molecular flexibility index (Phi) is 4.04. The summed E-state index contributed by atoms with van der Waals surface area (Å²) in [5.74, 6) is 2.28. The Morgan fingerprint density at radius 3 is 2.52 bits per heavy atom. The molecule has 0 aromatic heterocycles. The van der Waals surface area contributed by atoms with Gasteiger partial charge in [0, 0.05) is 5.39 Å². The van der Waals surface area contributed by atoms with Crippen molar-refractivity contribution in [2.75, 3.05) is 7.11 Å². The number of fused-ring (bicyclic) bond motifs is 1. The van der Waals surface area contributed by atoms with Crippen molar-refractivity contribution in [2.45, 2.75) is 0 Å². The van der Waals surface area contributed by atoms with Crippen LogP contribution in [0.15, 0.2) is 59.1 Å². The minimum atomic E-state index is 0.620. The third-order valence-electron chi connectivity index (χ3n) is 3.18. The Labute approximate surface area is 136 Å². The Bertz CT molecular complexity index is 802. The average molecular weight is 364 g/mol. The fourth-order valence-corrected chi connectivity index (χ4v) is 2.64. The van der Waals surface area contributed by atoms with Gasteiger partial charge in [0.15, 0.2) is 0 Å². The number of benzene rings is 3. The SMILES string of the molecule is COc1ccc2c(Oc3cccc(Cl)c3Br)cccc2c1. The lowest BCUT2D eigenvalue weighted by Gasteiger charge is -2.11. The van der Waals surface area contributed by atoms with Crippen molar-refractivity contribution in [3.63, 3.8) is 0 Å². The number of halogens is 2. The first-order valence-electron chi connectivity index (χ1n) is 6.37. The van der Waals surface area contributed by atoms with Crippen LogP contribution < -0.4 is 9.47 Å². The molecule has 0 spiro atoms. The van der Waals surface area contributed by atoms with Crippen LogP contribution in [-0.2, 0) is 0 Å². The Balaban J connectivity index is 2.06. The molecule has 106 valence electrons. The van der Waals surface area contributed by atoms with Gasteiger partial charge in [-0.1, -0.05) is 29.8 Å². The highest BCUT2D eigenvalue weighted by Gasteiger charge is 2.09. The lowest BCUT2D eigenvalue weighted by Crippen LogP contribution is -1.88. The summed E-state index contributed by atoms with van der Waals surface area (Å²) in [6, 6.07) is 17.3. The molecule has 0 fully saturated rings. The van der Waals surface area contributed by atoms with Crippen molar-refractivity contribution >= 4 is 38.3 Å². The summed E-state index contributed by atoms with van der Waals surface area (Å²) in [6.45, 7) is 0. The molecule has 2 nitrogen and oxygen atoms in total. The monoisotopic (exact) mass is 362 g/mol. The first-order valence-corrected chi connectivity index (χ1v) is 7.55. The van der Waals surface area contributed by atoms with E-state index in [2.05, 4.69) is 15.9 Å². The summed E-state index contributed by atoms with van der Waals surface area (Å²) in [5, 5.41) is 2.70. The molecule has 0 aliphatic rings. The van der Waals surface area contributed by atoms with Crippen LogP contribution in [0.3, 0.4) is 0 Å². The molecule has 0 heterocycles. The molecule has 0 saturated heterocycles. The number of ether oxygens (including phenoxy) is 2. The molecule has 0 radical (unpaired) electrons. The van der Waals surface area contributed by atoms with E-state index >= 15 is 0 Å². The van der Waals surface area contributed by atoms with E-state index in [4.69, 9.17) is 21.1 Å². The van der Waals surface area contributed by atoms with Gasteiger partial charge in [0.25, 0.3) is 0 Å². The molecule has 0 N–H and O–H groups in total. The number of methoxy groups -OCH3 is 1. The molecule has 0 aliphatic heterocycles. The standard InChI is InChI=1S/C17H12BrClO2/c1-20-12-8-9-13-11(10-12)4-2-6-15(13)21-16-7-3-5-14(19)17(16)18/h2-10H,1H3. The highest BCUT2D eigenvalue weighted by molar-refractivity contribution is 9.10. The van der Waals surface area contributed by atoms with Gasteiger partial charge in [-0.2, -0.15) is 0 Å². The van der Waals surface area contributed by atoms with Crippen LogP contribution in [0.5, 0.6) is 17.2 Å². The zero-order valence-corrected chi connectivity index (χ0v) is 13.6. The second kappa shape index (κ2) is 5.96. The molecule has 0 unspecified atom stereocenters. The summed E-state index contributed by atoms with van der Waals surface area (Å²) in [6.07, 6.45) is 0. The van der Waals surface area contributed by atoms with Crippen molar-refractivity contribution in [1.82, 2.24) is 0 Å². The normalized spacial score (nSPS) is 10.6. The summed E-state index contributed by atoms with van der Waals surface area (Å²) < 4.78 is 12.0. The van der Waals surface area contributed by atoms with Crippen molar-refractivity contribution in [3.05, 3.63) is 64.1 Å². The molecule has 4 heteroatoms. The van der Waals surface area contributed by atoms with Crippen LogP contribution in [-0.4, -0.2) is 7.11 Å². The van der Waals surface area contributed by atoms with Gasteiger partial charge in [-0.05, 0) is 57.7 Å². The molecule has 0 atom stereocenters. The molecule has 3 aromatic rings. The largest absolute Gasteiger partial charge is 0.497 e. The van der Waals surface area contributed by atoms with Crippen LogP contribution in [0.4, 0.5) is 0 Å². The van der Waals surface area contributed by atoms with E-state index in [1.807, 2.05) is 54.6 Å². The van der Waals surface area contributed by atoms with E-state index in [9.17, 15) is 0 Å². The maximum atomic E-state index is 6.09. The molecule has 21 heavy (non-hydrogen) atoms. The molecule has 0 saturated carbocycles. The molecule has 3 rings (SSSR count). The Morgan fingerprint density at radius 2 is 1.71 bits per heavy atom. The lowest BCUT2D eigenvalue weighted by atomic mass is 10.1. The predicted octanol–water partition coefficient (Wildman–Crippen LogP) is 6.06. The smallest absolute Gasteiger partial charge is 0.143 e. The van der Waals surface area contributed by atoms with Gasteiger partial charge in [-0.25, -0.2) is 0 Å². The van der Waals surface area contributed by atoms with E-state index in [-0.39, 0.29) is 0 Å². The zero-order chi connectivity index (χ0) is 14.8. The molecule has 0 aliphatic carbocycles. The maximum absolute atomic E-state index is 6.09. The van der Waals surface area contributed by atoms with Crippen molar-refractivity contribution in [2.24, 2.45) is 0 Å². The van der Waals surface area contributed by atoms with Gasteiger partial charge < -0.3 is 9.47 Å². The molecular weight excluding hydrogens is 352 g/mol. The van der Waals surface area contributed by atoms with Crippen molar-refractivity contribution in [3.8, 4) is 17.2 Å². The third-order valence-corrected chi connectivity index (χ3v) is 4.54. The van der Waals surface area contributed by atoms with Gasteiger partial charge in [0.2, 0.25) is 0 Å². The van der Waals surface area contributed by atoms with E-state index < -0.39 is 0 Å². The zero-order valence-electron chi connectivity index (χ0n) is 11.3. The van der Waals surface area contributed by atoms with Crippen molar-refractivity contribution < 1.29 is 9.47 Å². The van der Waals surface area contributed by atoms with E-state index in [1.54, 1.807) is 7.11 Å². The van der Waals surface area contributed by atoms with Crippen LogP contribution in [0.1, 0.15) is 0 Å². The minimum Gasteiger partial charge on any atom is -0.497 e. The summed E-state index contributed by atoms with van der Waals surface area (Å²) >= 11 is 9.54. The summed E-state index contributed by atoms with van der Waals surface area (Å²) in [4.78, 5) is 0. The first-order chi connectivity index (χ1) is 10.2. The van der Waals surface area contributed by atoms with Gasteiger partial charge in [-0.15, -0.1) is 0 Å². The van der Waals surface area contributed by atoms with Crippen LogP contribution in [0, 0.1) is 0 Å². The summed E-state index contributed by atoms with van der Waals surface area (Å²) in [5.41, 5.74) is 0. The molecule has 0 bridgehead atoms. The Morgan fingerprint density at radius 1 is 0.952 bits per heavy atom. The fraction of sp³-hybridized carbons (Fsp3) is 0.0588. The molecule has 3 aromatic carbocycles. The first kappa shape index (κ1) is 14.2. The number of hydrogen-bond acceptors (Lipinski definition) is 2. The van der Waals surface area contributed by atoms with E-state index in [0.29, 0.717) is 10.8 Å². The number of hydrogen-bond donors (Lipinski definition) is 0. The Hall–Kier alpha value is -1.71. The van der Waals surface area contributed by atoms with Crippen molar-refractivity contribution in [1.29, 1.82) is 0 Å². The van der Waals surface area contributed by atoms with Crippen LogP contribution in [0.25, 0.3) is 10.8 Å². The van der Waals surface area contributed by atoms with Gasteiger partial charge in [0.05, 0.1) is 16.6 Å². The van der Waals surface area contributed by atoms with Crippen LogP contribution >= 0.6 is 27.5 Å². The van der Waals surface area contributed by atoms with E-state index in [1.165, 1.54) is 0 Å². The second-order valence-corrected chi connectivity index (χ2v) is 5.70. The van der Waals surface area contributed by atoms with Gasteiger partial charge in [-0.3, -0.25) is 0 Å². The highest BCUT2D eigenvalue weighted by Crippen LogP contribution is 2.37. The second-order valence-electron chi connectivity index (χ2n) is 4.50. The third kappa shape index (κ3) is 2.85. The summed E-state index contributed by atoms with van der Waals surface area (Å²) in [7, 11) is 1.66. The maximum Gasteiger partial charge on any atom is 0.143 e. The van der Waals surface area contributed by atoms with E-state index in [0.717, 1.165) is 26.7 Å². The molecular formula is C17H12BrClO2. The number of rotatable bonds is 3. The predicted molar refractivity (Wildman–Crippen MR) is 89.7 cm³/mol.